The van der Waals surface area contributed by atoms with Gasteiger partial charge >= 0.3 is 0 Å². The van der Waals surface area contributed by atoms with E-state index in [1.54, 1.807) is 24.5 Å². The summed E-state index contributed by atoms with van der Waals surface area (Å²) in [4.78, 5) is 15.9. The Morgan fingerprint density at radius 1 is 1.38 bits per heavy atom. The van der Waals surface area contributed by atoms with E-state index in [1.165, 1.54) is 0 Å². The van der Waals surface area contributed by atoms with Crippen LogP contribution in [0, 0.1) is 5.41 Å². The van der Waals surface area contributed by atoms with Crippen LogP contribution in [0.2, 0.25) is 0 Å². The van der Waals surface area contributed by atoms with E-state index < -0.39 is 0 Å². The molecule has 0 atom stereocenters. The van der Waals surface area contributed by atoms with E-state index in [1.807, 2.05) is 12.1 Å². The molecule has 0 spiro atoms. The first-order chi connectivity index (χ1) is 11.7. The van der Waals surface area contributed by atoms with E-state index in [-0.39, 0.29) is 17.6 Å². The van der Waals surface area contributed by atoms with Gasteiger partial charge in [-0.15, -0.1) is 0 Å². The number of aromatic nitrogens is 1. The van der Waals surface area contributed by atoms with Crippen LogP contribution in [0.3, 0.4) is 0 Å². The van der Waals surface area contributed by atoms with Crippen LogP contribution in [0.4, 0.5) is 0 Å². The molecule has 0 saturated carbocycles. The first-order valence-electron chi connectivity index (χ1n) is 8.79. The zero-order valence-corrected chi connectivity index (χ0v) is 14.7. The van der Waals surface area contributed by atoms with Crippen LogP contribution in [-0.4, -0.2) is 36.9 Å². The minimum atomic E-state index is -0.103. The summed E-state index contributed by atoms with van der Waals surface area (Å²) >= 11 is 0. The number of hydrogen-bond donors (Lipinski definition) is 1. The molecule has 1 aliphatic rings. The maximum absolute atomic E-state index is 11.9. The van der Waals surface area contributed by atoms with Gasteiger partial charge in [-0.2, -0.15) is 0 Å². The highest BCUT2D eigenvalue weighted by Gasteiger charge is 2.39. The van der Waals surface area contributed by atoms with Crippen molar-refractivity contribution >= 4 is 12.0 Å². The van der Waals surface area contributed by atoms with Crippen molar-refractivity contribution in [1.82, 2.24) is 10.3 Å². The lowest BCUT2D eigenvalue weighted by atomic mass is 9.77. The molecule has 132 valence electrons. The van der Waals surface area contributed by atoms with Crippen molar-refractivity contribution in [1.29, 1.82) is 0 Å². The molecule has 0 unspecified atom stereocenters. The van der Waals surface area contributed by atoms with Gasteiger partial charge in [0.1, 0.15) is 0 Å². The number of rotatable bonds is 9. The Balaban J connectivity index is 1.74. The van der Waals surface area contributed by atoms with Crippen LogP contribution in [0.25, 0.3) is 6.08 Å². The smallest absolute Gasteiger partial charge is 0.243 e. The quantitative estimate of drug-likeness (QED) is 0.557. The molecule has 1 aliphatic heterocycles. The Hall–Kier alpha value is -1.72. The van der Waals surface area contributed by atoms with Gasteiger partial charge in [-0.05, 0) is 43.4 Å². The first kappa shape index (κ1) is 18.6. The Labute approximate surface area is 144 Å². The number of ether oxygens (including phenoxy) is 2. The van der Waals surface area contributed by atoms with Crippen molar-refractivity contribution in [3.05, 3.63) is 36.2 Å². The highest BCUT2D eigenvalue weighted by Crippen LogP contribution is 2.39. The molecule has 5 heteroatoms. The molecule has 0 aliphatic carbocycles. The summed E-state index contributed by atoms with van der Waals surface area (Å²) in [7, 11) is 0. The van der Waals surface area contributed by atoms with E-state index in [2.05, 4.69) is 24.1 Å². The van der Waals surface area contributed by atoms with Gasteiger partial charge in [-0.25, -0.2) is 0 Å². The average Bonchev–Trinajstić information content (AvgIpc) is 3.17. The molecule has 1 aromatic rings. The molecule has 2 heterocycles. The van der Waals surface area contributed by atoms with Crippen molar-refractivity contribution in [2.45, 2.75) is 45.8 Å². The third-order valence-corrected chi connectivity index (χ3v) is 4.79. The Morgan fingerprint density at radius 2 is 2.12 bits per heavy atom. The van der Waals surface area contributed by atoms with Crippen molar-refractivity contribution in [2.75, 3.05) is 19.8 Å². The topological polar surface area (TPSA) is 60.5 Å². The third-order valence-electron chi connectivity index (χ3n) is 4.79. The number of pyridine rings is 1. The fraction of sp³-hybridized carbons (Fsp3) is 0.579. The highest BCUT2D eigenvalue weighted by atomic mass is 16.7. The van der Waals surface area contributed by atoms with Gasteiger partial charge in [0, 0.05) is 30.4 Å². The van der Waals surface area contributed by atoms with E-state index in [0.29, 0.717) is 19.8 Å². The van der Waals surface area contributed by atoms with Crippen LogP contribution < -0.4 is 5.32 Å². The lowest BCUT2D eigenvalue weighted by molar-refractivity contribution is -0.140. The van der Waals surface area contributed by atoms with E-state index in [9.17, 15) is 4.79 Å². The minimum Gasteiger partial charge on any atom is -0.353 e. The molecule has 1 fully saturated rings. The van der Waals surface area contributed by atoms with Crippen LogP contribution in [0.1, 0.15) is 45.1 Å². The summed E-state index contributed by atoms with van der Waals surface area (Å²) in [6.45, 7) is 6.39. The molecule has 5 nitrogen and oxygen atoms in total. The van der Waals surface area contributed by atoms with Crippen LogP contribution in [0.15, 0.2) is 30.6 Å². The van der Waals surface area contributed by atoms with E-state index in [0.717, 1.165) is 31.2 Å². The molecule has 0 aromatic carbocycles. The van der Waals surface area contributed by atoms with Gasteiger partial charge in [0.15, 0.2) is 6.29 Å². The maximum Gasteiger partial charge on any atom is 0.243 e. The molecule has 1 saturated heterocycles. The Bertz CT molecular complexity index is 521. The first-order valence-corrected chi connectivity index (χ1v) is 8.79. The third kappa shape index (κ3) is 5.14. The van der Waals surface area contributed by atoms with Crippen molar-refractivity contribution in [3.8, 4) is 0 Å². The largest absolute Gasteiger partial charge is 0.353 e. The van der Waals surface area contributed by atoms with Crippen molar-refractivity contribution in [2.24, 2.45) is 5.41 Å². The predicted octanol–water partition coefficient (Wildman–Crippen LogP) is 3.17. The van der Waals surface area contributed by atoms with Gasteiger partial charge in [0.2, 0.25) is 5.91 Å². The van der Waals surface area contributed by atoms with Gasteiger partial charge in [-0.1, -0.05) is 19.9 Å². The molecule has 1 N–H and O–H groups in total. The summed E-state index contributed by atoms with van der Waals surface area (Å²) in [6.07, 6.45) is 10.6. The van der Waals surface area contributed by atoms with Gasteiger partial charge in [0.05, 0.1) is 13.2 Å². The number of carbonyl (C=O) groups is 1. The fourth-order valence-electron chi connectivity index (χ4n) is 3.12. The SMILES string of the molecule is CCC(CC)(CCCNC(=O)C=Cc1cccnc1)C1OCCO1. The number of amides is 1. The second kappa shape index (κ2) is 9.55. The average molecular weight is 332 g/mol. The second-order valence-electron chi connectivity index (χ2n) is 6.16. The summed E-state index contributed by atoms with van der Waals surface area (Å²) in [6, 6.07) is 3.76. The number of nitrogens with zero attached hydrogens (tertiary/aromatic N) is 1. The van der Waals surface area contributed by atoms with Crippen LogP contribution >= 0.6 is 0 Å². The summed E-state index contributed by atoms with van der Waals surface area (Å²) in [5, 5.41) is 2.94. The molecule has 0 bridgehead atoms. The lowest BCUT2D eigenvalue weighted by Crippen LogP contribution is -2.36. The van der Waals surface area contributed by atoms with E-state index >= 15 is 0 Å². The summed E-state index contributed by atoms with van der Waals surface area (Å²) in [5.41, 5.74) is 0.964. The Morgan fingerprint density at radius 3 is 2.75 bits per heavy atom. The maximum atomic E-state index is 11.9. The molecule has 24 heavy (non-hydrogen) atoms. The predicted molar refractivity (Wildman–Crippen MR) is 94.2 cm³/mol. The molecular formula is C19H28N2O3. The lowest BCUT2D eigenvalue weighted by Gasteiger charge is -2.36. The number of carbonyl (C=O) groups excluding carboxylic acids is 1. The van der Waals surface area contributed by atoms with Crippen molar-refractivity contribution < 1.29 is 14.3 Å². The zero-order chi connectivity index (χ0) is 17.3. The van der Waals surface area contributed by atoms with Gasteiger partial charge in [0.25, 0.3) is 0 Å². The summed E-state index contributed by atoms with van der Waals surface area (Å²) < 4.78 is 11.5. The molecule has 0 radical (unpaired) electrons. The summed E-state index contributed by atoms with van der Waals surface area (Å²) in [5.74, 6) is -0.0779. The normalized spacial score (nSPS) is 15.9. The molecule has 1 aromatic heterocycles. The molecule has 2 rings (SSSR count). The molecule has 1 amide bonds. The van der Waals surface area contributed by atoms with Gasteiger partial charge < -0.3 is 14.8 Å². The fourth-order valence-corrected chi connectivity index (χ4v) is 3.12. The number of nitrogens with one attached hydrogen (secondary N) is 1. The number of hydrogen-bond acceptors (Lipinski definition) is 4. The monoisotopic (exact) mass is 332 g/mol. The van der Waals surface area contributed by atoms with E-state index in [4.69, 9.17) is 9.47 Å². The van der Waals surface area contributed by atoms with Crippen LogP contribution in [-0.2, 0) is 14.3 Å². The highest BCUT2D eigenvalue weighted by molar-refractivity contribution is 5.91. The minimum absolute atomic E-state index is 0.0484. The standard InChI is InChI=1S/C19H28N2O3/c1-3-19(4-2,18-23-13-14-24-18)10-6-12-21-17(22)9-8-16-7-5-11-20-15-16/h5,7-9,11,15,18H,3-4,6,10,12-14H2,1-2H3,(H,21,22). The second-order valence-corrected chi connectivity index (χ2v) is 6.16. The van der Waals surface area contributed by atoms with Crippen LogP contribution in [0.5, 0.6) is 0 Å². The zero-order valence-electron chi connectivity index (χ0n) is 14.7. The Kier molecular flexibility index (Phi) is 7.40. The van der Waals surface area contributed by atoms with Crippen molar-refractivity contribution in [3.63, 3.8) is 0 Å². The van der Waals surface area contributed by atoms with Gasteiger partial charge in [-0.3, -0.25) is 9.78 Å². The molecular weight excluding hydrogens is 304 g/mol.